The van der Waals surface area contributed by atoms with Gasteiger partial charge in [-0.25, -0.2) is 0 Å². The highest BCUT2D eigenvalue weighted by atomic mass is 16.3. The molecule has 4 rings (SSSR count). The lowest BCUT2D eigenvalue weighted by atomic mass is 9.76. The number of fused-ring (bicyclic) bond motifs is 2. The highest BCUT2D eigenvalue weighted by molar-refractivity contribution is 5.42. The van der Waals surface area contributed by atoms with Crippen molar-refractivity contribution in [3.05, 3.63) is 29.3 Å². The van der Waals surface area contributed by atoms with Gasteiger partial charge >= 0.3 is 0 Å². The first-order chi connectivity index (χ1) is 6.34. The van der Waals surface area contributed by atoms with Crippen molar-refractivity contribution < 1.29 is 5.11 Å². The van der Waals surface area contributed by atoms with E-state index in [1.165, 1.54) is 24.0 Å². The molecule has 1 fully saturated rings. The monoisotopic (exact) mass is 175 g/mol. The molecule has 0 radical (unpaired) electrons. The smallest absolute Gasteiger partial charge is 0.115 e. The van der Waals surface area contributed by atoms with Gasteiger partial charge in [0, 0.05) is 12.6 Å². The number of phenolic OH excluding ortho intramolecular Hbond substituents is 1. The molecule has 0 amide bonds. The molecule has 0 aromatic heterocycles. The normalized spacial score (nSPS) is 30.2. The molecule has 3 aliphatic rings. The van der Waals surface area contributed by atoms with Crippen LogP contribution in [0.1, 0.15) is 35.9 Å². The van der Waals surface area contributed by atoms with Crippen LogP contribution in [-0.2, 0) is 0 Å². The summed E-state index contributed by atoms with van der Waals surface area (Å²) >= 11 is 0. The second-order valence-corrected chi connectivity index (χ2v) is 4.05. The van der Waals surface area contributed by atoms with Gasteiger partial charge in [-0.3, -0.25) is 0 Å². The molecule has 2 atom stereocenters. The van der Waals surface area contributed by atoms with Crippen molar-refractivity contribution in [3.63, 3.8) is 0 Å². The molecular formula is C11H13NO. The number of hydrogen-bond donors (Lipinski definition) is 2. The standard InChI is InChI=1S/C11H13NO/c13-8-2-3-9-7-1-4-11(12-6-7)10(9)5-8/h2-3,5,7,11-13H,1,4,6H2. The number of piperidine rings is 1. The van der Waals surface area contributed by atoms with E-state index in [9.17, 15) is 5.11 Å². The Morgan fingerprint density at radius 3 is 2.92 bits per heavy atom. The molecule has 1 aliphatic carbocycles. The fraction of sp³-hybridized carbons (Fsp3) is 0.455. The highest BCUT2D eigenvalue weighted by Crippen LogP contribution is 2.42. The van der Waals surface area contributed by atoms with E-state index < -0.39 is 0 Å². The molecule has 1 aromatic rings. The number of rotatable bonds is 0. The summed E-state index contributed by atoms with van der Waals surface area (Å²) < 4.78 is 0. The molecule has 2 unspecified atom stereocenters. The van der Waals surface area contributed by atoms with Gasteiger partial charge in [0.25, 0.3) is 0 Å². The van der Waals surface area contributed by atoms with Crippen molar-refractivity contribution in [2.75, 3.05) is 6.54 Å². The number of hydrogen-bond acceptors (Lipinski definition) is 2. The van der Waals surface area contributed by atoms with E-state index in [1.54, 1.807) is 6.07 Å². The minimum Gasteiger partial charge on any atom is -0.508 e. The molecule has 13 heavy (non-hydrogen) atoms. The topological polar surface area (TPSA) is 32.3 Å². The maximum absolute atomic E-state index is 9.39. The van der Waals surface area contributed by atoms with Crippen LogP contribution in [0.25, 0.3) is 0 Å². The van der Waals surface area contributed by atoms with Crippen LogP contribution in [0, 0.1) is 0 Å². The third-order valence-electron chi connectivity index (χ3n) is 3.30. The van der Waals surface area contributed by atoms with Gasteiger partial charge in [0.15, 0.2) is 0 Å². The Balaban J connectivity index is 2.18. The zero-order valence-electron chi connectivity index (χ0n) is 7.46. The summed E-state index contributed by atoms with van der Waals surface area (Å²) in [5, 5.41) is 12.9. The van der Waals surface area contributed by atoms with Gasteiger partial charge < -0.3 is 10.4 Å². The van der Waals surface area contributed by atoms with Gasteiger partial charge in [-0.15, -0.1) is 0 Å². The van der Waals surface area contributed by atoms with Gasteiger partial charge in [-0.1, -0.05) is 6.07 Å². The van der Waals surface area contributed by atoms with Crippen LogP contribution >= 0.6 is 0 Å². The molecular weight excluding hydrogens is 162 g/mol. The summed E-state index contributed by atoms with van der Waals surface area (Å²) in [6, 6.07) is 6.30. The molecule has 1 aromatic carbocycles. The first-order valence-electron chi connectivity index (χ1n) is 4.91. The Hall–Kier alpha value is -1.02. The van der Waals surface area contributed by atoms with Crippen LogP contribution in [0.15, 0.2) is 18.2 Å². The third-order valence-corrected chi connectivity index (χ3v) is 3.30. The van der Waals surface area contributed by atoms with Crippen LogP contribution < -0.4 is 5.32 Å². The van der Waals surface area contributed by atoms with Crippen LogP contribution in [0.4, 0.5) is 0 Å². The first kappa shape index (κ1) is 7.39. The lowest BCUT2D eigenvalue weighted by Crippen LogP contribution is -2.38. The molecule has 0 spiro atoms. The fourth-order valence-corrected chi connectivity index (χ4v) is 2.62. The van der Waals surface area contributed by atoms with Crippen molar-refractivity contribution in [1.29, 1.82) is 0 Å². The molecule has 2 heteroatoms. The molecule has 68 valence electrons. The summed E-state index contributed by atoms with van der Waals surface area (Å²) in [6.45, 7) is 1.11. The highest BCUT2D eigenvalue weighted by Gasteiger charge is 2.32. The summed E-state index contributed by atoms with van der Waals surface area (Å²) in [7, 11) is 0. The fourth-order valence-electron chi connectivity index (χ4n) is 2.62. The lowest BCUT2D eigenvalue weighted by Gasteiger charge is -2.39. The van der Waals surface area contributed by atoms with Crippen molar-refractivity contribution in [3.8, 4) is 5.75 Å². The molecule has 2 bridgehead atoms. The maximum atomic E-state index is 9.39. The summed E-state index contributed by atoms with van der Waals surface area (Å²) in [6.07, 6.45) is 2.52. The van der Waals surface area contributed by atoms with Gasteiger partial charge in [0.05, 0.1) is 0 Å². The molecule has 2 aliphatic heterocycles. The van der Waals surface area contributed by atoms with E-state index in [0.29, 0.717) is 17.7 Å². The Morgan fingerprint density at radius 2 is 2.15 bits per heavy atom. The molecule has 2 heterocycles. The van der Waals surface area contributed by atoms with E-state index in [0.717, 1.165) is 6.54 Å². The average molecular weight is 175 g/mol. The summed E-state index contributed by atoms with van der Waals surface area (Å²) in [5.74, 6) is 1.08. The Morgan fingerprint density at radius 1 is 1.23 bits per heavy atom. The van der Waals surface area contributed by atoms with Crippen LogP contribution in [0.2, 0.25) is 0 Å². The SMILES string of the molecule is Oc1ccc2c(c1)C1CCC2CN1. The predicted molar refractivity (Wildman–Crippen MR) is 50.8 cm³/mol. The van der Waals surface area contributed by atoms with E-state index in [-0.39, 0.29) is 0 Å². The van der Waals surface area contributed by atoms with Gasteiger partial charge in [-0.05, 0) is 42.0 Å². The van der Waals surface area contributed by atoms with E-state index >= 15 is 0 Å². The first-order valence-corrected chi connectivity index (χ1v) is 4.91. The molecule has 0 saturated carbocycles. The zero-order valence-corrected chi connectivity index (χ0v) is 7.46. The quantitative estimate of drug-likeness (QED) is 0.631. The summed E-state index contributed by atoms with van der Waals surface area (Å²) in [4.78, 5) is 0. The number of aromatic hydroxyl groups is 1. The second kappa shape index (κ2) is 2.48. The zero-order chi connectivity index (χ0) is 8.84. The van der Waals surface area contributed by atoms with E-state index in [4.69, 9.17) is 0 Å². The largest absolute Gasteiger partial charge is 0.508 e. The Kier molecular flexibility index (Phi) is 1.41. The van der Waals surface area contributed by atoms with Gasteiger partial charge in [0.1, 0.15) is 5.75 Å². The van der Waals surface area contributed by atoms with Gasteiger partial charge in [-0.2, -0.15) is 0 Å². The Labute approximate surface area is 77.6 Å². The second-order valence-electron chi connectivity index (χ2n) is 4.05. The van der Waals surface area contributed by atoms with Gasteiger partial charge in [0.2, 0.25) is 0 Å². The van der Waals surface area contributed by atoms with E-state index in [1.807, 2.05) is 6.07 Å². The van der Waals surface area contributed by atoms with Crippen LogP contribution in [0.3, 0.4) is 0 Å². The van der Waals surface area contributed by atoms with Crippen molar-refractivity contribution in [2.45, 2.75) is 24.8 Å². The number of nitrogens with one attached hydrogen (secondary N) is 1. The van der Waals surface area contributed by atoms with E-state index in [2.05, 4.69) is 11.4 Å². The molecule has 1 saturated heterocycles. The van der Waals surface area contributed by atoms with Crippen LogP contribution in [-0.4, -0.2) is 11.7 Å². The number of benzene rings is 1. The molecule has 2 nitrogen and oxygen atoms in total. The maximum Gasteiger partial charge on any atom is 0.115 e. The van der Waals surface area contributed by atoms with Crippen molar-refractivity contribution in [2.24, 2.45) is 0 Å². The Bertz CT molecular complexity index is 340. The third kappa shape index (κ3) is 0.985. The minimum absolute atomic E-state index is 0.396. The van der Waals surface area contributed by atoms with Crippen molar-refractivity contribution >= 4 is 0 Å². The predicted octanol–water partition coefficient (Wildman–Crippen LogP) is 1.91. The lowest BCUT2D eigenvalue weighted by molar-refractivity contribution is 0.336. The molecule has 2 N–H and O–H groups in total. The minimum atomic E-state index is 0.396. The number of phenols is 1. The van der Waals surface area contributed by atoms with Crippen molar-refractivity contribution in [1.82, 2.24) is 5.32 Å². The van der Waals surface area contributed by atoms with Crippen LogP contribution in [0.5, 0.6) is 5.75 Å². The summed E-state index contributed by atoms with van der Waals surface area (Å²) in [5.41, 5.74) is 2.77. The average Bonchev–Trinajstić information content (AvgIpc) is 2.19.